The summed E-state index contributed by atoms with van der Waals surface area (Å²) in [6.07, 6.45) is 1.90. The van der Waals surface area contributed by atoms with Crippen LogP contribution in [0.25, 0.3) is 10.4 Å². The Balaban J connectivity index is 2.49. The van der Waals surface area contributed by atoms with Gasteiger partial charge in [-0.15, -0.1) is 0 Å². The third-order valence-corrected chi connectivity index (χ3v) is 2.85. The Labute approximate surface area is 106 Å². The molecule has 1 saturated heterocycles. The second-order valence-corrected chi connectivity index (χ2v) is 4.12. The van der Waals surface area contributed by atoms with Gasteiger partial charge in [-0.1, -0.05) is 5.11 Å². The highest BCUT2D eigenvalue weighted by Gasteiger charge is 2.30. The monoisotopic (exact) mass is 256 g/mol. The van der Waals surface area contributed by atoms with Gasteiger partial charge in [0.2, 0.25) is 0 Å². The van der Waals surface area contributed by atoms with E-state index in [9.17, 15) is 4.79 Å². The van der Waals surface area contributed by atoms with E-state index in [2.05, 4.69) is 15.3 Å². The van der Waals surface area contributed by atoms with Crippen LogP contribution in [-0.2, 0) is 14.3 Å². The van der Waals surface area contributed by atoms with Crippen LogP contribution in [0.2, 0.25) is 0 Å². The molecule has 7 heteroatoms. The maximum Gasteiger partial charge on any atom is 0.323 e. The van der Waals surface area contributed by atoms with Gasteiger partial charge in [0.15, 0.2) is 0 Å². The fourth-order valence-electron chi connectivity index (χ4n) is 2.02. The maximum absolute atomic E-state index is 11.9. The predicted octanol–water partition coefficient (Wildman–Crippen LogP) is 1.24. The molecule has 0 spiro atoms. The lowest BCUT2D eigenvalue weighted by Crippen LogP contribution is -2.47. The molecular weight excluding hydrogens is 236 g/mol. The molecule has 0 aromatic rings. The molecule has 2 unspecified atom stereocenters. The molecule has 0 saturated carbocycles. The molecule has 0 aromatic heterocycles. The van der Waals surface area contributed by atoms with E-state index in [1.807, 2.05) is 0 Å². The van der Waals surface area contributed by atoms with Crippen LogP contribution in [0.15, 0.2) is 5.11 Å². The van der Waals surface area contributed by atoms with Crippen LogP contribution < -0.4 is 5.32 Å². The highest BCUT2D eigenvalue weighted by molar-refractivity contribution is 5.76. The topological polar surface area (TPSA) is 96.3 Å². The van der Waals surface area contributed by atoms with Gasteiger partial charge in [0.05, 0.1) is 13.2 Å². The zero-order chi connectivity index (χ0) is 13.2. The van der Waals surface area contributed by atoms with Crippen molar-refractivity contribution in [3.63, 3.8) is 0 Å². The van der Waals surface area contributed by atoms with E-state index in [4.69, 9.17) is 15.0 Å². The van der Waals surface area contributed by atoms with Crippen molar-refractivity contribution in [3.05, 3.63) is 10.4 Å². The van der Waals surface area contributed by atoms with Crippen LogP contribution in [-0.4, -0.2) is 44.9 Å². The number of nitrogens with one attached hydrogen (secondary N) is 1. The van der Waals surface area contributed by atoms with E-state index in [1.54, 1.807) is 6.92 Å². The average Bonchev–Trinajstić information content (AvgIpc) is 2.40. The molecule has 0 radical (unpaired) electrons. The normalized spacial score (nSPS) is 20.8. The maximum atomic E-state index is 11.9. The Morgan fingerprint density at radius 3 is 3.17 bits per heavy atom. The summed E-state index contributed by atoms with van der Waals surface area (Å²) in [5.74, 6) is -0.127. The molecule has 1 aliphatic heterocycles. The molecule has 1 fully saturated rings. The summed E-state index contributed by atoms with van der Waals surface area (Å²) < 4.78 is 10.4. The van der Waals surface area contributed by atoms with Crippen LogP contribution >= 0.6 is 0 Å². The van der Waals surface area contributed by atoms with Crippen molar-refractivity contribution in [3.8, 4) is 0 Å². The number of esters is 1. The van der Waals surface area contributed by atoms with Crippen molar-refractivity contribution in [2.45, 2.75) is 25.8 Å². The molecule has 7 nitrogen and oxygen atoms in total. The van der Waals surface area contributed by atoms with Gasteiger partial charge in [-0.05, 0) is 25.3 Å². The van der Waals surface area contributed by atoms with Crippen LogP contribution in [0.5, 0.6) is 0 Å². The SMILES string of the molecule is CCOC(=O)C(NCCN=[N+]=[N-])C1CCCOC1. The van der Waals surface area contributed by atoms with Crippen LogP contribution in [0.3, 0.4) is 0 Å². The highest BCUT2D eigenvalue weighted by Crippen LogP contribution is 2.18. The summed E-state index contributed by atoms with van der Waals surface area (Å²) in [5, 5.41) is 6.52. The predicted molar refractivity (Wildman–Crippen MR) is 66.0 cm³/mol. The van der Waals surface area contributed by atoms with Gasteiger partial charge in [-0.25, -0.2) is 0 Å². The lowest BCUT2D eigenvalue weighted by Gasteiger charge is -2.29. The van der Waals surface area contributed by atoms with Gasteiger partial charge >= 0.3 is 5.97 Å². The number of nitrogens with zero attached hydrogens (tertiary/aromatic N) is 3. The quantitative estimate of drug-likeness (QED) is 0.244. The van der Waals surface area contributed by atoms with Crippen molar-refractivity contribution in [2.24, 2.45) is 11.0 Å². The first-order valence-electron chi connectivity index (χ1n) is 6.28. The number of hydrogen-bond donors (Lipinski definition) is 1. The molecule has 102 valence electrons. The zero-order valence-corrected chi connectivity index (χ0v) is 10.7. The van der Waals surface area contributed by atoms with E-state index in [0.29, 0.717) is 26.3 Å². The minimum atomic E-state index is -0.376. The summed E-state index contributed by atoms with van der Waals surface area (Å²) in [6.45, 7) is 4.25. The third kappa shape index (κ3) is 4.91. The Bertz CT molecular complexity index is 299. The number of azide groups is 1. The first-order chi connectivity index (χ1) is 8.79. The molecular formula is C11H20N4O3. The van der Waals surface area contributed by atoms with Crippen molar-refractivity contribution in [1.29, 1.82) is 0 Å². The first-order valence-corrected chi connectivity index (χ1v) is 6.28. The Kier molecular flexibility index (Phi) is 7.17. The fourth-order valence-corrected chi connectivity index (χ4v) is 2.02. The summed E-state index contributed by atoms with van der Waals surface area (Å²) in [5.41, 5.74) is 8.19. The Morgan fingerprint density at radius 1 is 1.72 bits per heavy atom. The second kappa shape index (κ2) is 8.74. The van der Waals surface area contributed by atoms with Gasteiger partial charge in [-0.2, -0.15) is 0 Å². The average molecular weight is 256 g/mol. The molecule has 18 heavy (non-hydrogen) atoms. The number of rotatable bonds is 7. The molecule has 2 atom stereocenters. The standard InChI is InChI=1S/C11H20N4O3/c1-2-18-11(16)10(13-5-6-14-15-12)9-4-3-7-17-8-9/h9-10,13H,2-8H2,1H3. The minimum absolute atomic E-state index is 0.129. The number of ether oxygens (including phenoxy) is 2. The summed E-state index contributed by atoms with van der Waals surface area (Å²) in [7, 11) is 0. The van der Waals surface area contributed by atoms with Crippen molar-refractivity contribution in [1.82, 2.24) is 5.32 Å². The lowest BCUT2D eigenvalue weighted by molar-refractivity contribution is -0.148. The molecule has 1 rings (SSSR count). The van der Waals surface area contributed by atoms with Gasteiger partial charge in [-0.3, -0.25) is 4.79 Å². The zero-order valence-electron chi connectivity index (χ0n) is 10.7. The van der Waals surface area contributed by atoms with E-state index in [1.165, 1.54) is 0 Å². The fraction of sp³-hybridized carbons (Fsp3) is 0.909. The molecule has 1 heterocycles. The Morgan fingerprint density at radius 2 is 2.56 bits per heavy atom. The summed E-state index contributed by atoms with van der Waals surface area (Å²) in [6, 6.07) is -0.376. The number of carbonyl (C=O) groups is 1. The van der Waals surface area contributed by atoms with E-state index in [-0.39, 0.29) is 17.9 Å². The summed E-state index contributed by atoms with van der Waals surface area (Å²) >= 11 is 0. The molecule has 0 bridgehead atoms. The highest BCUT2D eigenvalue weighted by atomic mass is 16.5. The third-order valence-electron chi connectivity index (χ3n) is 2.85. The molecule has 0 aliphatic carbocycles. The van der Waals surface area contributed by atoms with Gasteiger partial charge in [0.25, 0.3) is 0 Å². The van der Waals surface area contributed by atoms with Gasteiger partial charge in [0, 0.05) is 30.5 Å². The molecule has 1 aliphatic rings. The smallest absolute Gasteiger partial charge is 0.323 e. The molecule has 1 N–H and O–H groups in total. The molecule has 0 aromatic carbocycles. The van der Waals surface area contributed by atoms with Crippen LogP contribution in [0, 0.1) is 5.92 Å². The Hall–Kier alpha value is -1.30. The van der Waals surface area contributed by atoms with E-state index in [0.717, 1.165) is 19.4 Å². The van der Waals surface area contributed by atoms with Gasteiger partial charge < -0.3 is 14.8 Å². The lowest BCUT2D eigenvalue weighted by atomic mass is 9.93. The first kappa shape index (κ1) is 14.8. The number of carbonyl (C=O) groups excluding carboxylic acids is 1. The van der Waals surface area contributed by atoms with Gasteiger partial charge in [0.1, 0.15) is 6.04 Å². The van der Waals surface area contributed by atoms with Crippen molar-refractivity contribution >= 4 is 5.97 Å². The largest absolute Gasteiger partial charge is 0.465 e. The second-order valence-electron chi connectivity index (χ2n) is 4.12. The van der Waals surface area contributed by atoms with E-state index >= 15 is 0 Å². The minimum Gasteiger partial charge on any atom is -0.465 e. The van der Waals surface area contributed by atoms with Crippen molar-refractivity contribution < 1.29 is 14.3 Å². The number of hydrogen-bond acceptors (Lipinski definition) is 5. The van der Waals surface area contributed by atoms with Crippen molar-refractivity contribution in [2.75, 3.05) is 32.9 Å². The van der Waals surface area contributed by atoms with Crippen LogP contribution in [0.4, 0.5) is 0 Å². The summed E-state index contributed by atoms with van der Waals surface area (Å²) in [4.78, 5) is 14.5. The van der Waals surface area contributed by atoms with Crippen LogP contribution in [0.1, 0.15) is 19.8 Å². The van der Waals surface area contributed by atoms with E-state index < -0.39 is 0 Å². The molecule has 0 amide bonds.